The first kappa shape index (κ1) is 11.9. The van der Waals surface area contributed by atoms with E-state index < -0.39 is 0 Å². The van der Waals surface area contributed by atoms with Crippen LogP contribution in [-0.2, 0) is 9.47 Å². The summed E-state index contributed by atoms with van der Waals surface area (Å²) >= 11 is 3.61. The van der Waals surface area contributed by atoms with Crippen LogP contribution in [0.3, 0.4) is 0 Å². The molecular formula is C12H21BrO2. The maximum atomic E-state index is 5.89. The lowest BCUT2D eigenvalue weighted by Crippen LogP contribution is -2.36. The van der Waals surface area contributed by atoms with E-state index in [9.17, 15) is 0 Å². The van der Waals surface area contributed by atoms with Gasteiger partial charge in [-0.05, 0) is 31.6 Å². The van der Waals surface area contributed by atoms with Gasteiger partial charge in [0.1, 0.15) is 0 Å². The molecule has 15 heavy (non-hydrogen) atoms. The van der Waals surface area contributed by atoms with Crippen molar-refractivity contribution in [3.8, 4) is 0 Å². The van der Waals surface area contributed by atoms with Crippen LogP contribution >= 0.6 is 15.9 Å². The number of hydrogen-bond acceptors (Lipinski definition) is 2. The molecule has 1 saturated carbocycles. The van der Waals surface area contributed by atoms with Gasteiger partial charge in [0.25, 0.3) is 0 Å². The quantitative estimate of drug-likeness (QED) is 0.719. The summed E-state index contributed by atoms with van der Waals surface area (Å²) in [6.45, 7) is 3.75. The van der Waals surface area contributed by atoms with E-state index in [4.69, 9.17) is 9.47 Å². The van der Waals surface area contributed by atoms with E-state index in [0.717, 1.165) is 37.7 Å². The SMILES string of the molecule is BrCC1(COCC2CCOCC2)CCC1. The highest BCUT2D eigenvalue weighted by atomic mass is 79.9. The summed E-state index contributed by atoms with van der Waals surface area (Å²) in [4.78, 5) is 0. The van der Waals surface area contributed by atoms with Crippen molar-refractivity contribution < 1.29 is 9.47 Å². The smallest absolute Gasteiger partial charge is 0.0530 e. The molecule has 1 aliphatic carbocycles. The van der Waals surface area contributed by atoms with Crippen LogP contribution in [0.5, 0.6) is 0 Å². The van der Waals surface area contributed by atoms with Crippen LogP contribution in [0.25, 0.3) is 0 Å². The second kappa shape index (κ2) is 5.65. The van der Waals surface area contributed by atoms with E-state index >= 15 is 0 Å². The molecule has 2 fully saturated rings. The van der Waals surface area contributed by atoms with Crippen LogP contribution in [0.2, 0.25) is 0 Å². The number of halogens is 1. The molecule has 0 spiro atoms. The molecule has 2 nitrogen and oxygen atoms in total. The molecule has 0 N–H and O–H groups in total. The molecule has 0 atom stereocenters. The first-order valence-electron chi connectivity index (χ1n) is 6.06. The van der Waals surface area contributed by atoms with E-state index in [2.05, 4.69) is 15.9 Å². The molecule has 2 aliphatic rings. The van der Waals surface area contributed by atoms with Gasteiger partial charge in [-0.25, -0.2) is 0 Å². The third-order valence-electron chi connectivity index (χ3n) is 3.80. The maximum Gasteiger partial charge on any atom is 0.0530 e. The van der Waals surface area contributed by atoms with Crippen molar-refractivity contribution in [2.24, 2.45) is 11.3 Å². The summed E-state index contributed by atoms with van der Waals surface area (Å²) in [6, 6.07) is 0. The topological polar surface area (TPSA) is 18.5 Å². The predicted octanol–water partition coefficient (Wildman–Crippen LogP) is 2.99. The van der Waals surface area contributed by atoms with Gasteiger partial charge < -0.3 is 9.47 Å². The van der Waals surface area contributed by atoms with Crippen molar-refractivity contribution in [3.05, 3.63) is 0 Å². The Bertz CT molecular complexity index is 181. The summed E-state index contributed by atoms with van der Waals surface area (Å²) in [5.74, 6) is 0.742. The lowest BCUT2D eigenvalue weighted by molar-refractivity contribution is -0.0256. The Kier molecular flexibility index (Phi) is 4.47. The van der Waals surface area contributed by atoms with Crippen LogP contribution < -0.4 is 0 Å². The fourth-order valence-corrected chi connectivity index (χ4v) is 3.07. The van der Waals surface area contributed by atoms with Gasteiger partial charge in [0, 0.05) is 30.6 Å². The molecule has 1 aliphatic heterocycles. The number of alkyl halides is 1. The molecule has 1 saturated heterocycles. The Balaban J connectivity index is 1.61. The van der Waals surface area contributed by atoms with Crippen molar-refractivity contribution in [1.29, 1.82) is 0 Å². The highest BCUT2D eigenvalue weighted by Crippen LogP contribution is 2.42. The Morgan fingerprint density at radius 3 is 2.53 bits per heavy atom. The first-order valence-corrected chi connectivity index (χ1v) is 7.18. The van der Waals surface area contributed by atoms with Crippen molar-refractivity contribution in [3.63, 3.8) is 0 Å². The molecule has 0 unspecified atom stereocenters. The monoisotopic (exact) mass is 276 g/mol. The average Bonchev–Trinajstić information content (AvgIpc) is 2.24. The standard InChI is InChI=1S/C12H21BrO2/c13-9-12(4-1-5-12)10-15-8-11-2-6-14-7-3-11/h11H,1-10H2. The molecule has 0 aromatic carbocycles. The van der Waals surface area contributed by atoms with Crippen LogP contribution in [0.15, 0.2) is 0 Å². The zero-order valence-corrected chi connectivity index (χ0v) is 10.9. The fourth-order valence-electron chi connectivity index (χ4n) is 2.35. The van der Waals surface area contributed by atoms with Crippen LogP contribution in [0.4, 0.5) is 0 Å². The van der Waals surface area contributed by atoms with Gasteiger partial charge in [-0.3, -0.25) is 0 Å². The number of rotatable bonds is 5. The largest absolute Gasteiger partial charge is 0.381 e. The lowest BCUT2D eigenvalue weighted by atomic mass is 9.71. The molecule has 3 heteroatoms. The molecule has 0 radical (unpaired) electrons. The van der Waals surface area contributed by atoms with Gasteiger partial charge in [0.05, 0.1) is 6.61 Å². The van der Waals surface area contributed by atoms with Crippen molar-refractivity contribution in [1.82, 2.24) is 0 Å². The van der Waals surface area contributed by atoms with Gasteiger partial charge in [0.2, 0.25) is 0 Å². The Morgan fingerprint density at radius 2 is 2.00 bits per heavy atom. The molecule has 2 rings (SSSR count). The molecule has 88 valence electrons. The Morgan fingerprint density at radius 1 is 1.27 bits per heavy atom. The van der Waals surface area contributed by atoms with Gasteiger partial charge in [-0.2, -0.15) is 0 Å². The van der Waals surface area contributed by atoms with E-state index in [1.165, 1.54) is 32.1 Å². The number of ether oxygens (including phenoxy) is 2. The first-order chi connectivity index (χ1) is 7.35. The minimum atomic E-state index is 0.477. The summed E-state index contributed by atoms with van der Waals surface area (Å²) in [5.41, 5.74) is 0.477. The molecule has 1 heterocycles. The van der Waals surface area contributed by atoms with E-state index in [1.807, 2.05) is 0 Å². The van der Waals surface area contributed by atoms with Crippen LogP contribution in [-0.4, -0.2) is 31.8 Å². The van der Waals surface area contributed by atoms with Gasteiger partial charge in [-0.1, -0.05) is 22.4 Å². The Labute approximate surface area is 101 Å². The highest BCUT2D eigenvalue weighted by molar-refractivity contribution is 9.09. The summed E-state index contributed by atoms with van der Waals surface area (Å²) in [7, 11) is 0. The zero-order chi connectivity index (χ0) is 10.6. The summed E-state index contributed by atoms with van der Waals surface area (Å²) in [5, 5.41) is 1.10. The highest BCUT2D eigenvalue weighted by Gasteiger charge is 2.36. The minimum absolute atomic E-state index is 0.477. The second-order valence-corrected chi connectivity index (χ2v) is 5.62. The van der Waals surface area contributed by atoms with Gasteiger partial charge in [-0.15, -0.1) is 0 Å². The van der Waals surface area contributed by atoms with E-state index in [-0.39, 0.29) is 0 Å². The Hall–Kier alpha value is 0.400. The van der Waals surface area contributed by atoms with E-state index in [1.54, 1.807) is 0 Å². The van der Waals surface area contributed by atoms with Crippen LogP contribution in [0.1, 0.15) is 32.1 Å². The molecule has 0 amide bonds. The lowest BCUT2D eigenvalue weighted by Gasteiger charge is -2.40. The third-order valence-corrected chi connectivity index (χ3v) is 4.99. The second-order valence-electron chi connectivity index (χ2n) is 5.06. The molecular weight excluding hydrogens is 256 g/mol. The summed E-state index contributed by atoms with van der Waals surface area (Å²) in [6.07, 6.45) is 6.42. The molecule has 0 aromatic heterocycles. The minimum Gasteiger partial charge on any atom is -0.381 e. The third kappa shape index (κ3) is 3.18. The van der Waals surface area contributed by atoms with E-state index in [0.29, 0.717) is 5.41 Å². The van der Waals surface area contributed by atoms with Crippen LogP contribution in [0, 0.1) is 11.3 Å². The molecule has 0 bridgehead atoms. The van der Waals surface area contributed by atoms with Gasteiger partial charge >= 0.3 is 0 Å². The average molecular weight is 277 g/mol. The zero-order valence-electron chi connectivity index (χ0n) is 9.34. The van der Waals surface area contributed by atoms with Gasteiger partial charge in [0.15, 0.2) is 0 Å². The molecule has 0 aromatic rings. The predicted molar refractivity (Wildman–Crippen MR) is 64.4 cm³/mol. The fraction of sp³-hybridized carbons (Fsp3) is 1.00. The van der Waals surface area contributed by atoms with Crippen molar-refractivity contribution >= 4 is 15.9 Å². The normalized spacial score (nSPS) is 26.2. The maximum absolute atomic E-state index is 5.89. The van der Waals surface area contributed by atoms with Crippen molar-refractivity contribution in [2.45, 2.75) is 32.1 Å². The summed E-state index contributed by atoms with van der Waals surface area (Å²) < 4.78 is 11.2. The van der Waals surface area contributed by atoms with Crippen molar-refractivity contribution in [2.75, 3.05) is 31.8 Å². The number of hydrogen-bond donors (Lipinski definition) is 0.